The van der Waals surface area contributed by atoms with Crippen LogP contribution < -0.4 is 0 Å². The van der Waals surface area contributed by atoms with Gasteiger partial charge in [-0.15, -0.1) is 0 Å². The van der Waals surface area contributed by atoms with Gasteiger partial charge in [0.2, 0.25) is 0 Å². The van der Waals surface area contributed by atoms with Crippen molar-refractivity contribution in [2.75, 3.05) is 20.1 Å². The van der Waals surface area contributed by atoms with Gasteiger partial charge >= 0.3 is 0 Å². The van der Waals surface area contributed by atoms with Gasteiger partial charge in [-0.1, -0.05) is 41.9 Å². The zero-order chi connectivity index (χ0) is 15.5. The smallest absolute Gasteiger partial charge is 0.134 e. The molecule has 2 aromatic carbocycles. The van der Waals surface area contributed by atoms with Gasteiger partial charge in [0, 0.05) is 13.1 Å². The summed E-state index contributed by atoms with van der Waals surface area (Å²) >= 11 is 6.05. The van der Waals surface area contributed by atoms with E-state index >= 15 is 0 Å². The molecule has 0 saturated carbocycles. The molecule has 0 radical (unpaired) electrons. The van der Waals surface area contributed by atoms with Crippen LogP contribution in [0.4, 0.5) is 0 Å². The van der Waals surface area contributed by atoms with Gasteiger partial charge in [-0.3, -0.25) is 0 Å². The number of hydrogen-bond donors (Lipinski definition) is 1. The van der Waals surface area contributed by atoms with Crippen molar-refractivity contribution in [3.63, 3.8) is 0 Å². The highest BCUT2D eigenvalue weighted by atomic mass is 35.5. The number of hydrogen-bond acceptors (Lipinski definition) is 3. The van der Waals surface area contributed by atoms with Gasteiger partial charge in [0.1, 0.15) is 5.75 Å². The second-order valence-electron chi connectivity index (χ2n) is 5.80. The SMILES string of the molecule is CN1CCc2cc(Cl)c(O)cc2C(OCc2ccccc2)C1. The van der Waals surface area contributed by atoms with Gasteiger partial charge in [-0.05, 0) is 42.3 Å². The van der Waals surface area contributed by atoms with E-state index in [0.717, 1.165) is 36.2 Å². The Morgan fingerprint density at radius 1 is 1.27 bits per heavy atom. The first kappa shape index (κ1) is 15.3. The minimum Gasteiger partial charge on any atom is -0.506 e. The molecule has 1 N–H and O–H groups in total. The van der Waals surface area contributed by atoms with Crippen LogP contribution in [0.25, 0.3) is 0 Å². The number of phenols is 1. The number of nitrogens with zero attached hydrogens (tertiary/aromatic N) is 1. The first-order valence-corrected chi connectivity index (χ1v) is 7.86. The van der Waals surface area contributed by atoms with Crippen molar-refractivity contribution in [2.45, 2.75) is 19.1 Å². The number of benzene rings is 2. The maximum atomic E-state index is 9.93. The molecule has 3 rings (SSSR count). The molecular formula is C18H20ClNO2. The largest absolute Gasteiger partial charge is 0.506 e. The van der Waals surface area contributed by atoms with E-state index in [1.807, 2.05) is 24.3 Å². The van der Waals surface area contributed by atoms with Crippen molar-refractivity contribution in [1.82, 2.24) is 4.90 Å². The molecule has 0 saturated heterocycles. The van der Waals surface area contributed by atoms with Crippen LogP contribution in [-0.2, 0) is 17.8 Å². The monoisotopic (exact) mass is 317 g/mol. The molecule has 1 aliphatic rings. The molecule has 2 aromatic rings. The van der Waals surface area contributed by atoms with Crippen molar-refractivity contribution in [2.24, 2.45) is 0 Å². The predicted octanol–water partition coefficient (Wildman–Crippen LogP) is 3.79. The van der Waals surface area contributed by atoms with E-state index in [0.29, 0.717) is 11.6 Å². The average Bonchev–Trinajstić information content (AvgIpc) is 2.67. The van der Waals surface area contributed by atoms with Crippen molar-refractivity contribution >= 4 is 11.6 Å². The number of fused-ring (bicyclic) bond motifs is 1. The van der Waals surface area contributed by atoms with Gasteiger partial charge < -0.3 is 14.7 Å². The molecule has 1 atom stereocenters. The fraction of sp³-hybridized carbons (Fsp3) is 0.333. The third kappa shape index (κ3) is 3.43. The number of aromatic hydroxyl groups is 1. The quantitative estimate of drug-likeness (QED) is 0.935. The summed E-state index contributed by atoms with van der Waals surface area (Å²) in [5.41, 5.74) is 3.35. The zero-order valence-electron chi connectivity index (χ0n) is 12.6. The summed E-state index contributed by atoms with van der Waals surface area (Å²) in [7, 11) is 2.09. The second-order valence-corrected chi connectivity index (χ2v) is 6.21. The third-order valence-electron chi connectivity index (χ3n) is 4.09. The summed E-state index contributed by atoms with van der Waals surface area (Å²) in [4.78, 5) is 2.25. The number of halogens is 1. The van der Waals surface area contributed by atoms with E-state index in [2.05, 4.69) is 24.1 Å². The molecule has 0 amide bonds. The lowest BCUT2D eigenvalue weighted by molar-refractivity contribution is 0.0218. The first-order valence-electron chi connectivity index (χ1n) is 7.49. The summed E-state index contributed by atoms with van der Waals surface area (Å²) in [6.45, 7) is 2.32. The van der Waals surface area contributed by atoms with E-state index in [1.54, 1.807) is 6.07 Å². The van der Waals surface area contributed by atoms with Crippen molar-refractivity contribution in [3.05, 3.63) is 64.2 Å². The molecular weight excluding hydrogens is 298 g/mol. The molecule has 0 fully saturated rings. The Labute approximate surface area is 136 Å². The lowest BCUT2D eigenvalue weighted by atomic mass is 10.0. The van der Waals surface area contributed by atoms with E-state index in [-0.39, 0.29) is 11.9 Å². The Morgan fingerprint density at radius 2 is 2.05 bits per heavy atom. The van der Waals surface area contributed by atoms with Gasteiger partial charge in [0.15, 0.2) is 0 Å². The van der Waals surface area contributed by atoms with Crippen LogP contribution in [0.1, 0.15) is 22.8 Å². The van der Waals surface area contributed by atoms with Crippen LogP contribution in [0.5, 0.6) is 5.75 Å². The summed E-state index contributed by atoms with van der Waals surface area (Å²) in [5, 5.41) is 10.3. The van der Waals surface area contributed by atoms with Crippen LogP contribution in [0.2, 0.25) is 5.02 Å². The molecule has 1 aliphatic heterocycles. The van der Waals surface area contributed by atoms with Crippen molar-refractivity contribution < 1.29 is 9.84 Å². The lowest BCUT2D eigenvalue weighted by Gasteiger charge is -2.22. The van der Waals surface area contributed by atoms with Gasteiger partial charge in [0.05, 0.1) is 17.7 Å². The fourth-order valence-electron chi connectivity index (χ4n) is 2.83. The van der Waals surface area contributed by atoms with E-state index in [9.17, 15) is 5.11 Å². The zero-order valence-corrected chi connectivity index (χ0v) is 13.4. The molecule has 0 aromatic heterocycles. The highest BCUT2D eigenvalue weighted by molar-refractivity contribution is 6.32. The van der Waals surface area contributed by atoms with Crippen molar-refractivity contribution in [1.29, 1.82) is 0 Å². The van der Waals surface area contributed by atoms with E-state index in [4.69, 9.17) is 16.3 Å². The first-order chi connectivity index (χ1) is 10.6. The van der Waals surface area contributed by atoms with Crippen LogP contribution in [0.3, 0.4) is 0 Å². The molecule has 22 heavy (non-hydrogen) atoms. The molecule has 1 unspecified atom stereocenters. The molecule has 1 heterocycles. The minimum absolute atomic E-state index is 0.0640. The standard InChI is InChI=1S/C18H20ClNO2/c1-20-8-7-14-9-16(19)17(21)10-15(14)18(11-20)22-12-13-5-3-2-4-6-13/h2-6,9-10,18,21H,7-8,11-12H2,1H3. The van der Waals surface area contributed by atoms with Crippen LogP contribution in [-0.4, -0.2) is 30.1 Å². The Balaban J connectivity index is 1.84. The Bertz CT molecular complexity index is 645. The number of phenolic OH excluding ortho intramolecular Hbond substituents is 1. The van der Waals surface area contributed by atoms with E-state index < -0.39 is 0 Å². The average molecular weight is 318 g/mol. The molecule has 116 valence electrons. The van der Waals surface area contributed by atoms with E-state index in [1.165, 1.54) is 0 Å². The lowest BCUT2D eigenvalue weighted by Crippen LogP contribution is -2.25. The summed E-state index contributed by atoms with van der Waals surface area (Å²) < 4.78 is 6.14. The number of rotatable bonds is 3. The Morgan fingerprint density at radius 3 is 2.82 bits per heavy atom. The molecule has 3 nitrogen and oxygen atoms in total. The topological polar surface area (TPSA) is 32.7 Å². The van der Waals surface area contributed by atoms with Crippen molar-refractivity contribution in [3.8, 4) is 5.75 Å². The summed E-state index contributed by atoms with van der Waals surface area (Å²) in [5.74, 6) is 0.123. The maximum absolute atomic E-state index is 9.93. The highest BCUT2D eigenvalue weighted by Gasteiger charge is 2.23. The second kappa shape index (κ2) is 6.69. The molecule has 0 spiro atoms. The molecule has 4 heteroatoms. The number of ether oxygens (including phenoxy) is 1. The normalized spacial score (nSPS) is 18.7. The maximum Gasteiger partial charge on any atom is 0.134 e. The summed E-state index contributed by atoms with van der Waals surface area (Å²) in [6, 6.07) is 13.8. The molecule has 0 aliphatic carbocycles. The van der Waals surface area contributed by atoms with Crippen LogP contribution in [0.15, 0.2) is 42.5 Å². The van der Waals surface area contributed by atoms with Gasteiger partial charge in [-0.2, -0.15) is 0 Å². The molecule has 0 bridgehead atoms. The van der Waals surface area contributed by atoms with Crippen LogP contribution >= 0.6 is 11.6 Å². The van der Waals surface area contributed by atoms with Gasteiger partial charge in [0.25, 0.3) is 0 Å². The van der Waals surface area contributed by atoms with Crippen LogP contribution in [0, 0.1) is 0 Å². The minimum atomic E-state index is -0.0640. The van der Waals surface area contributed by atoms with Gasteiger partial charge in [-0.25, -0.2) is 0 Å². The Hall–Kier alpha value is -1.55. The Kier molecular flexibility index (Phi) is 4.67. The fourth-order valence-corrected chi connectivity index (χ4v) is 3.02. The third-order valence-corrected chi connectivity index (χ3v) is 4.39. The summed E-state index contributed by atoms with van der Waals surface area (Å²) in [6.07, 6.45) is 0.850. The number of likely N-dealkylation sites (N-methyl/N-ethyl adjacent to an activating group) is 1. The highest BCUT2D eigenvalue weighted by Crippen LogP contribution is 2.34. The predicted molar refractivity (Wildman–Crippen MR) is 88.3 cm³/mol.